The zero-order valence-electron chi connectivity index (χ0n) is 14.2. The van der Waals surface area contributed by atoms with E-state index in [9.17, 15) is 8.42 Å². The second-order valence-corrected chi connectivity index (χ2v) is 9.42. The smallest absolute Gasteiger partial charge is 0.214 e. The molecule has 4 rings (SSSR count). The van der Waals surface area contributed by atoms with Gasteiger partial charge in [-0.1, -0.05) is 12.8 Å². The van der Waals surface area contributed by atoms with E-state index in [1.54, 1.807) is 4.31 Å². The van der Waals surface area contributed by atoms with Crippen LogP contribution in [0.25, 0.3) is 0 Å². The Bertz CT molecular complexity index is 673. The molecule has 1 aromatic heterocycles. The molecular weight excluding hydrogens is 326 g/mol. The lowest BCUT2D eigenvalue weighted by Gasteiger charge is -2.32. The molecule has 1 saturated carbocycles. The lowest BCUT2D eigenvalue weighted by molar-refractivity contribution is 0.305. The molecule has 2 fully saturated rings. The lowest BCUT2D eigenvalue weighted by Crippen LogP contribution is -2.41. The van der Waals surface area contributed by atoms with Gasteiger partial charge in [0.25, 0.3) is 0 Å². The van der Waals surface area contributed by atoms with Crippen LogP contribution in [0.4, 0.5) is 0 Å². The Hall–Kier alpha value is -0.990. The minimum absolute atomic E-state index is 0.335. The Balaban J connectivity index is 1.39. The molecule has 0 spiro atoms. The predicted molar refractivity (Wildman–Crippen MR) is 91.0 cm³/mol. The van der Waals surface area contributed by atoms with Crippen molar-refractivity contribution in [2.75, 3.05) is 25.4 Å². The third-order valence-corrected chi connectivity index (χ3v) is 7.83. The Morgan fingerprint density at radius 3 is 2.54 bits per heavy atom. The first kappa shape index (κ1) is 16.5. The first-order chi connectivity index (χ1) is 11.6. The van der Waals surface area contributed by atoms with Crippen LogP contribution in [-0.4, -0.2) is 52.9 Å². The highest BCUT2D eigenvalue weighted by atomic mass is 32.2. The van der Waals surface area contributed by atoms with Gasteiger partial charge in [-0.15, -0.1) is 10.2 Å². The molecule has 2 aliphatic heterocycles. The number of hydrogen-bond donors (Lipinski definition) is 1. The summed E-state index contributed by atoms with van der Waals surface area (Å²) in [5.41, 5.74) is 0. The van der Waals surface area contributed by atoms with E-state index in [1.165, 1.54) is 12.8 Å². The summed E-state index contributed by atoms with van der Waals surface area (Å²) >= 11 is 0. The molecular formula is C16H27N5O2S. The third-order valence-electron chi connectivity index (χ3n) is 5.78. The largest absolute Gasteiger partial charge is 0.312 e. The molecule has 7 nitrogen and oxygen atoms in total. The van der Waals surface area contributed by atoms with Crippen molar-refractivity contribution in [2.45, 2.75) is 57.5 Å². The first-order valence-corrected chi connectivity index (χ1v) is 10.8. The summed E-state index contributed by atoms with van der Waals surface area (Å²) in [6.45, 7) is 3.90. The minimum Gasteiger partial charge on any atom is -0.312 e. The van der Waals surface area contributed by atoms with Crippen molar-refractivity contribution < 1.29 is 8.42 Å². The van der Waals surface area contributed by atoms with E-state index < -0.39 is 10.0 Å². The van der Waals surface area contributed by atoms with Crippen molar-refractivity contribution in [2.24, 2.45) is 5.92 Å². The molecule has 0 bridgehead atoms. The van der Waals surface area contributed by atoms with E-state index in [2.05, 4.69) is 20.1 Å². The van der Waals surface area contributed by atoms with Gasteiger partial charge in [-0.3, -0.25) is 0 Å². The van der Waals surface area contributed by atoms with Gasteiger partial charge in [0.2, 0.25) is 10.0 Å². The molecule has 1 N–H and O–H groups in total. The molecule has 1 aliphatic carbocycles. The fourth-order valence-electron chi connectivity index (χ4n) is 4.39. The number of aromatic nitrogens is 3. The molecule has 24 heavy (non-hydrogen) atoms. The van der Waals surface area contributed by atoms with Crippen molar-refractivity contribution in [3.05, 3.63) is 11.6 Å². The monoisotopic (exact) mass is 353 g/mol. The summed E-state index contributed by atoms with van der Waals surface area (Å²) < 4.78 is 29.2. The van der Waals surface area contributed by atoms with Gasteiger partial charge in [-0.25, -0.2) is 12.7 Å². The summed E-state index contributed by atoms with van der Waals surface area (Å²) in [6.07, 6.45) is 6.25. The van der Waals surface area contributed by atoms with Crippen molar-refractivity contribution in [1.29, 1.82) is 0 Å². The number of nitrogens with zero attached hydrogens (tertiary/aromatic N) is 4. The van der Waals surface area contributed by atoms with Gasteiger partial charge in [0.05, 0.1) is 12.3 Å². The predicted octanol–water partition coefficient (Wildman–Crippen LogP) is 1.08. The van der Waals surface area contributed by atoms with Crippen LogP contribution in [0.3, 0.4) is 0 Å². The van der Waals surface area contributed by atoms with Crippen molar-refractivity contribution in [3.63, 3.8) is 0 Å². The van der Waals surface area contributed by atoms with Crippen molar-refractivity contribution in [1.82, 2.24) is 24.4 Å². The maximum absolute atomic E-state index is 12.7. The SMILES string of the molecule is O=S(=O)(CC1CCCC1)N1CCC(c2nnc3n2CCNC3)CC1. The second-order valence-electron chi connectivity index (χ2n) is 7.41. The fourth-order valence-corrected chi connectivity index (χ4v) is 6.30. The molecule has 3 heterocycles. The standard InChI is InChI=1S/C16H27N5O2S/c22-24(23,12-13-3-1-2-4-13)20-8-5-14(6-9-20)16-19-18-15-11-17-7-10-21(15)16/h13-14,17H,1-12H2. The van der Waals surface area contributed by atoms with Gasteiger partial charge in [0, 0.05) is 32.1 Å². The van der Waals surface area contributed by atoms with Gasteiger partial charge in [-0.05, 0) is 31.6 Å². The van der Waals surface area contributed by atoms with Crippen molar-refractivity contribution >= 4 is 10.0 Å². The second kappa shape index (κ2) is 6.72. The summed E-state index contributed by atoms with van der Waals surface area (Å²) in [4.78, 5) is 0. The normalized spacial score (nSPS) is 24.3. The average molecular weight is 353 g/mol. The van der Waals surface area contributed by atoms with Gasteiger partial charge in [0.1, 0.15) is 11.6 Å². The average Bonchev–Trinajstić information content (AvgIpc) is 3.24. The van der Waals surface area contributed by atoms with Gasteiger partial charge in [-0.2, -0.15) is 0 Å². The maximum atomic E-state index is 12.7. The van der Waals surface area contributed by atoms with Gasteiger partial charge < -0.3 is 9.88 Å². The highest BCUT2D eigenvalue weighted by Crippen LogP contribution is 2.31. The van der Waals surface area contributed by atoms with Crippen LogP contribution in [-0.2, 0) is 23.1 Å². The van der Waals surface area contributed by atoms with E-state index in [-0.39, 0.29) is 0 Å². The Labute approximate surface area is 143 Å². The number of fused-ring (bicyclic) bond motifs is 1. The van der Waals surface area contributed by atoms with E-state index in [0.29, 0.717) is 30.7 Å². The third kappa shape index (κ3) is 3.23. The zero-order chi connectivity index (χ0) is 16.6. The minimum atomic E-state index is -3.10. The summed E-state index contributed by atoms with van der Waals surface area (Å²) in [5.74, 6) is 3.13. The summed E-state index contributed by atoms with van der Waals surface area (Å²) in [5, 5.41) is 12.0. The molecule has 0 radical (unpaired) electrons. The van der Waals surface area contributed by atoms with Gasteiger partial charge >= 0.3 is 0 Å². The molecule has 0 atom stereocenters. The quantitative estimate of drug-likeness (QED) is 0.876. The van der Waals surface area contributed by atoms with Crippen LogP contribution in [0.1, 0.15) is 56.1 Å². The molecule has 1 saturated heterocycles. The first-order valence-electron chi connectivity index (χ1n) is 9.24. The van der Waals surface area contributed by atoms with Crippen LogP contribution in [0, 0.1) is 5.92 Å². The lowest BCUT2D eigenvalue weighted by atomic mass is 9.97. The highest BCUT2D eigenvalue weighted by Gasteiger charge is 2.33. The zero-order valence-corrected chi connectivity index (χ0v) is 15.0. The number of nitrogens with one attached hydrogen (secondary N) is 1. The number of rotatable bonds is 4. The molecule has 1 aromatic rings. The van der Waals surface area contributed by atoms with E-state index in [0.717, 1.165) is 57.0 Å². The Morgan fingerprint density at radius 2 is 1.79 bits per heavy atom. The fraction of sp³-hybridized carbons (Fsp3) is 0.875. The van der Waals surface area contributed by atoms with Crippen LogP contribution in [0.2, 0.25) is 0 Å². The molecule has 0 aromatic carbocycles. The Morgan fingerprint density at radius 1 is 1.04 bits per heavy atom. The Kier molecular flexibility index (Phi) is 4.62. The van der Waals surface area contributed by atoms with Crippen LogP contribution in [0.15, 0.2) is 0 Å². The number of piperidine rings is 1. The maximum Gasteiger partial charge on any atom is 0.214 e. The molecule has 3 aliphatic rings. The van der Waals surface area contributed by atoms with Crippen molar-refractivity contribution in [3.8, 4) is 0 Å². The summed E-state index contributed by atoms with van der Waals surface area (Å²) in [7, 11) is -3.10. The van der Waals surface area contributed by atoms with Crippen LogP contribution in [0.5, 0.6) is 0 Å². The van der Waals surface area contributed by atoms with Crippen LogP contribution >= 0.6 is 0 Å². The molecule has 8 heteroatoms. The highest BCUT2D eigenvalue weighted by molar-refractivity contribution is 7.89. The van der Waals surface area contributed by atoms with Crippen LogP contribution < -0.4 is 5.32 Å². The summed E-state index contributed by atoms with van der Waals surface area (Å²) in [6, 6.07) is 0. The molecule has 134 valence electrons. The molecule has 0 amide bonds. The van der Waals surface area contributed by atoms with Gasteiger partial charge in [0.15, 0.2) is 0 Å². The number of hydrogen-bond acceptors (Lipinski definition) is 5. The topological polar surface area (TPSA) is 80.1 Å². The van der Waals surface area contributed by atoms with E-state index >= 15 is 0 Å². The van der Waals surface area contributed by atoms with E-state index in [4.69, 9.17) is 0 Å². The molecule has 0 unspecified atom stereocenters. The number of sulfonamides is 1. The van der Waals surface area contributed by atoms with E-state index in [1.807, 2.05) is 0 Å².